The van der Waals surface area contributed by atoms with E-state index in [0.29, 0.717) is 23.0 Å². The summed E-state index contributed by atoms with van der Waals surface area (Å²) in [5, 5.41) is 10.1. The molecule has 5 nitrogen and oxygen atoms in total. The van der Waals surface area contributed by atoms with Crippen LogP contribution in [0.3, 0.4) is 0 Å². The highest BCUT2D eigenvalue weighted by Crippen LogP contribution is 2.67. The lowest BCUT2D eigenvalue weighted by molar-refractivity contribution is -0.770. The Bertz CT molecular complexity index is 607. The second kappa shape index (κ2) is 6.20. The summed E-state index contributed by atoms with van der Waals surface area (Å²) in [6.45, 7) is 6.64. The standard InChI is InChI=1S/C21H33NO4/c1-13(23)17-6-7-18-16-5-4-14-12-15(26-22(24)25)8-10-20(14,2)19(16)9-11-21(17,18)3/h14-19H,4-12H2,1-3H3/t14-,15-,16+,17-,18+,19+,20+,21-/m1/s1. The molecule has 26 heavy (non-hydrogen) atoms. The molecule has 5 heteroatoms. The molecule has 4 aliphatic rings. The maximum atomic E-state index is 12.2. The van der Waals surface area contributed by atoms with E-state index >= 15 is 0 Å². The maximum absolute atomic E-state index is 12.2. The molecule has 0 amide bonds. The fraction of sp³-hybridized carbons (Fsp3) is 0.952. The van der Waals surface area contributed by atoms with Crippen LogP contribution in [0.1, 0.15) is 78.6 Å². The molecule has 146 valence electrons. The molecule has 0 aromatic rings. The van der Waals surface area contributed by atoms with Crippen molar-refractivity contribution in [3.8, 4) is 0 Å². The number of fused-ring (bicyclic) bond motifs is 5. The number of carbonyl (C=O) groups is 1. The number of rotatable bonds is 3. The lowest BCUT2D eigenvalue weighted by Gasteiger charge is -2.61. The summed E-state index contributed by atoms with van der Waals surface area (Å²) < 4.78 is 0. The van der Waals surface area contributed by atoms with Gasteiger partial charge < -0.3 is 4.84 Å². The first-order valence-electron chi connectivity index (χ1n) is 10.6. The van der Waals surface area contributed by atoms with Crippen molar-refractivity contribution in [2.75, 3.05) is 0 Å². The van der Waals surface area contributed by atoms with Crippen molar-refractivity contribution in [2.24, 2.45) is 40.4 Å². The molecule has 0 saturated heterocycles. The second-order valence-electron chi connectivity index (χ2n) is 10.2. The zero-order chi connectivity index (χ0) is 18.7. The van der Waals surface area contributed by atoms with Crippen molar-refractivity contribution < 1.29 is 14.7 Å². The number of ketones is 1. The van der Waals surface area contributed by atoms with Crippen LogP contribution in [0.5, 0.6) is 0 Å². The van der Waals surface area contributed by atoms with Crippen LogP contribution in [0, 0.1) is 50.5 Å². The smallest absolute Gasteiger partial charge is 0.294 e. The van der Waals surface area contributed by atoms with E-state index in [2.05, 4.69) is 13.8 Å². The normalized spacial score (nSPS) is 50.3. The Labute approximate surface area is 156 Å². The highest BCUT2D eigenvalue weighted by Gasteiger charge is 2.60. The van der Waals surface area contributed by atoms with E-state index in [1.54, 1.807) is 6.92 Å². The zero-order valence-electron chi connectivity index (χ0n) is 16.4. The minimum atomic E-state index is -0.606. The third-order valence-corrected chi connectivity index (χ3v) is 9.34. The Morgan fingerprint density at radius 3 is 2.38 bits per heavy atom. The number of nitrogens with zero attached hydrogens (tertiary/aromatic N) is 1. The van der Waals surface area contributed by atoms with Crippen LogP contribution in [-0.4, -0.2) is 17.0 Å². The van der Waals surface area contributed by atoms with Gasteiger partial charge in [-0.25, -0.2) is 0 Å². The van der Waals surface area contributed by atoms with Gasteiger partial charge in [-0.3, -0.25) is 4.79 Å². The van der Waals surface area contributed by atoms with Gasteiger partial charge in [-0.2, -0.15) is 0 Å². The average Bonchev–Trinajstić information content (AvgIpc) is 2.92. The lowest BCUT2D eigenvalue weighted by atomic mass is 9.44. The van der Waals surface area contributed by atoms with Crippen molar-refractivity contribution in [3.05, 3.63) is 10.1 Å². The summed E-state index contributed by atoms with van der Waals surface area (Å²) in [6.07, 6.45) is 9.63. The highest BCUT2D eigenvalue weighted by atomic mass is 17.0. The zero-order valence-corrected chi connectivity index (χ0v) is 16.4. The average molecular weight is 363 g/mol. The molecule has 0 heterocycles. The van der Waals surface area contributed by atoms with Crippen LogP contribution in [0.25, 0.3) is 0 Å². The predicted octanol–water partition coefficient (Wildman–Crippen LogP) is 4.81. The Kier molecular flexibility index (Phi) is 4.35. The maximum Gasteiger partial charge on any atom is 0.294 e. The number of Topliss-reactive ketones (excluding diaryl/α,β-unsaturated/α-hetero) is 1. The third-order valence-electron chi connectivity index (χ3n) is 9.34. The van der Waals surface area contributed by atoms with Gasteiger partial charge in [0.2, 0.25) is 0 Å². The third kappa shape index (κ3) is 2.60. The van der Waals surface area contributed by atoms with Crippen molar-refractivity contribution in [3.63, 3.8) is 0 Å². The monoisotopic (exact) mass is 363 g/mol. The first-order chi connectivity index (χ1) is 12.3. The summed E-state index contributed by atoms with van der Waals surface area (Å²) in [5.41, 5.74) is 0.511. The molecule has 0 spiro atoms. The Hall–Kier alpha value is -1.13. The highest BCUT2D eigenvalue weighted by molar-refractivity contribution is 5.79. The topological polar surface area (TPSA) is 69.4 Å². The molecular weight excluding hydrogens is 330 g/mol. The Morgan fingerprint density at radius 1 is 1.00 bits per heavy atom. The Balaban J connectivity index is 1.54. The predicted molar refractivity (Wildman–Crippen MR) is 97.8 cm³/mol. The minimum absolute atomic E-state index is 0.206. The molecule has 4 fully saturated rings. The van der Waals surface area contributed by atoms with Gasteiger partial charge >= 0.3 is 0 Å². The van der Waals surface area contributed by atoms with Gasteiger partial charge in [-0.1, -0.05) is 13.8 Å². The fourth-order valence-electron chi connectivity index (χ4n) is 8.10. The summed E-state index contributed by atoms with van der Waals surface area (Å²) in [4.78, 5) is 27.9. The molecule has 0 bridgehead atoms. The van der Waals surface area contributed by atoms with E-state index in [-0.39, 0.29) is 17.4 Å². The summed E-state index contributed by atoms with van der Waals surface area (Å²) in [6, 6.07) is 0. The quantitative estimate of drug-likeness (QED) is 0.533. The van der Waals surface area contributed by atoms with E-state index in [4.69, 9.17) is 4.84 Å². The first-order valence-corrected chi connectivity index (χ1v) is 10.6. The number of hydrogen-bond acceptors (Lipinski definition) is 4. The van der Waals surface area contributed by atoms with Crippen molar-refractivity contribution in [2.45, 2.75) is 84.7 Å². The SMILES string of the molecule is CC(=O)[C@H]1CC[C@H]2[C@@H]3CC[C@@H]4C[C@H](O[N+](=O)[O-])CC[C@]4(C)[C@H]3CC[C@]12C. The number of carbonyl (C=O) groups excluding carboxylic acids is 1. The van der Waals surface area contributed by atoms with Gasteiger partial charge in [0.15, 0.2) is 0 Å². The first kappa shape index (κ1) is 18.2. The van der Waals surface area contributed by atoms with Crippen molar-refractivity contribution >= 4 is 5.78 Å². The lowest BCUT2D eigenvalue weighted by Crippen LogP contribution is -2.54. The van der Waals surface area contributed by atoms with Crippen LogP contribution in [0.2, 0.25) is 0 Å². The molecule has 0 unspecified atom stereocenters. The number of hydrogen-bond donors (Lipinski definition) is 0. The molecule has 0 radical (unpaired) electrons. The second-order valence-corrected chi connectivity index (χ2v) is 10.2. The summed E-state index contributed by atoms with van der Waals surface area (Å²) >= 11 is 0. The van der Waals surface area contributed by atoms with E-state index in [1.807, 2.05) is 0 Å². The van der Waals surface area contributed by atoms with Gasteiger partial charge in [0.25, 0.3) is 5.09 Å². The molecule has 0 aromatic heterocycles. The fourth-order valence-corrected chi connectivity index (χ4v) is 8.10. The molecule has 0 aromatic carbocycles. The van der Waals surface area contributed by atoms with Crippen LogP contribution in [0.15, 0.2) is 0 Å². The largest absolute Gasteiger partial charge is 0.311 e. The minimum Gasteiger partial charge on any atom is -0.311 e. The molecule has 4 saturated carbocycles. The summed E-state index contributed by atoms with van der Waals surface area (Å²) in [7, 11) is 0. The molecule has 4 aliphatic carbocycles. The van der Waals surface area contributed by atoms with Crippen molar-refractivity contribution in [1.82, 2.24) is 0 Å². The van der Waals surface area contributed by atoms with E-state index in [1.165, 1.54) is 32.1 Å². The van der Waals surface area contributed by atoms with E-state index in [9.17, 15) is 14.9 Å². The van der Waals surface area contributed by atoms with Gasteiger partial charge in [0, 0.05) is 5.92 Å². The van der Waals surface area contributed by atoms with Crippen LogP contribution < -0.4 is 0 Å². The van der Waals surface area contributed by atoms with Gasteiger partial charge in [-0.15, -0.1) is 10.1 Å². The van der Waals surface area contributed by atoms with Gasteiger partial charge in [-0.05, 0) is 99.2 Å². The van der Waals surface area contributed by atoms with Gasteiger partial charge in [0.1, 0.15) is 11.9 Å². The molecule has 8 atom stereocenters. The molecule has 4 rings (SSSR count). The Morgan fingerprint density at radius 2 is 1.69 bits per heavy atom. The van der Waals surface area contributed by atoms with Crippen LogP contribution in [0.4, 0.5) is 0 Å². The molecule has 0 aliphatic heterocycles. The van der Waals surface area contributed by atoms with E-state index < -0.39 is 5.09 Å². The van der Waals surface area contributed by atoms with Gasteiger partial charge in [0.05, 0.1) is 0 Å². The van der Waals surface area contributed by atoms with Crippen molar-refractivity contribution in [1.29, 1.82) is 0 Å². The molecule has 0 N–H and O–H groups in total. The van der Waals surface area contributed by atoms with Crippen LogP contribution in [-0.2, 0) is 9.63 Å². The molecular formula is C21H33NO4. The van der Waals surface area contributed by atoms with E-state index in [0.717, 1.165) is 37.5 Å². The van der Waals surface area contributed by atoms with Crippen LogP contribution >= 0.6 is 0 Å². The summed E-state index contributed by atoms with van der Waals surface area (Å²) in [5.74, 6) is 3.38.